The first-order chi connectivity index (χ1) is 8.56. The van der Waals surface area contributed by atoms with Gasteiger partial charge in [0.25, 0.3) is 0 Å². The molecular weight excluding hydrogens is 248 g/mol. The summed E-state index contributed by atoms with van der Waals surface area (Å²) in [5, 5.41) is 10.8. The lowest BCUT2D eigenvalue weighted by Gasteiger charge is -2.16. The molecule has 0 unspecified atom stereocenters. The molecule has 2 nitrogen and oxygen atoms in total. The molecule has 3 rings (SSSR count). The molecule has 0 aliphatic heterocycles. The fourth-order valence-electron chi connectivity index (χ4n) is 2.26. The fraction of sp³-hybridized carbons (Fsp3) is 0.600. The van der Waals surface area contributed by atoms with Crippen molar-refractivity contribution in [3.05, 3.63) is 28.3 Å². The zero-order valence-electron chi connectivity index (χ0n) is 10.7. The van der Waals surface area contributed by atoms with Crippen molar-refractivity contribution >= 4 is 11.6 Å². The van der Waals surface area contributed by atoms with Crippen molar-refractivity contribution in [2.45, 2.75) is 44.6 Å². The molecule has 2 saturated carbocycles. The Hall–Kier alpha value is -0.730. The quantitative estimate of drug-likeness (QED) is 0.884. The lowest BCUT2D eigenvalue weighted by molar-refractivity contribution is 0.149. The molecule has 1 N–H and O–H groups in total. The van der Waals surface area contributed by atoms with E-state index in [0.717, 1.165) is 36.3 Å². The van der Waals surface area contributed by atoms with E-state index < -0.39 is 5.60 Å². The second-order valence-electron chi connectivity index (χ2n) is 5.89. The summed E-state index contributed by atoms with van der Waals surface area (Å²) in [5.41, 5.74) is 1.67. The van der Waals surface area contributed by atoms with E-state index in [4.69, 9.17) is 16.3 Å². The largest absolute Gasteiger partial charge is 0.491 e. The van der Waals surface area contributed by atoms with E-state index in [-0.39, 0.29) is 0 Å². The van der Waals surface area contributed by atoms with Gasteiger partial charge in [0, 0.05) is 6.42 Å². The van der Waals surface area contributed by atoms with Crippen molar-refractivity contribution in [2.75, 3.05) is 6.61 Å². The summed E-state index contributed by atoms with van der Waals surface area (Å²) in [6, 6.07) is 4.02. The van der Waals surface area contributed by atoms with Gasteiger partial charge < -0.3 is 9.84 Å². The van der Waals surface area contributed by atoms with Crippen molar-refractivity contribution in [3.63, 3.8) is 0 Å². The predicted molar refractivity (Wildman–Crippen MR) is 72.3 cm³/mol. The molecule has 2 aliphatic carbocycles. The molecule has 0 atom stereocenters. The maximum absolute atomic E-state index is 10.1. The summed E-state index contributed by atoms with van der Waals surface area (Å²) >= 11 is 6.28. The third-order valence-corrected chi connectivity index (χ3v) is 4.05. The van der Waals surface area contributed by atoms with Crippen LogP contribution in [-0.4, -0.2) is 17.3 Å². The van der Waals surface area contributed by atoms with Crippen molar-refractivity contribution in [1.82, 2.24) is 0 Å². The van der Waals surface area contributed by atoms with Crippen LogP contribution < -0.4 is 4.74 Å². The summed E-state index contributed by atoms with van der Waals surface area (Å²) in [7, 11) is 0. The van der Waals surface area contributed by atoms with E-state index in [1.54, 1.807) is 0 Å². The summed E-state index contributed by atoms with van der Waals surface area (Å²) in [5.74, 6) is 1.49. The number of halogens is 1. The van der Waals surface area contributed by atoms with Gasteiger partial charge in [-0.15, -0.1) is 0 Å². The average molecular weight is 267 g/mol. The van der Waals surface area contributed by atoms with E-state index in [9.17, 15) is 5.11 Å². The third-order valence-electron chi connectivity index (χ3n) is 3.77. The molecule has 0 aromatic heterocycles. The second kappa shape index (κ2) is 4.43. The maximum Gasteiger partial charge on any atom is 0.141 e. The minimum atomic E-state index is -0.505. The molecule has 2 fully saturated rings. The highest BCUT2D eigenvalue weighted by molar-refractivity contribution is 6.32. The molecule has 1 aromatic rings. The Morgan fingerprint density at radius 3 is 2.72 bits per heavy atom. The average Bonchev–Trinajstić information content (AvgIpc) is 3.16. The standard InChI is InChI=1S/C15H19ClO2/c1-10-6-12(8-15(17)4-5-15)14(13(16)7-10)18-9-11-2-3-11/h6-7,11,17H,2-5,8-9H2,1H3. The van der Waals surface area contributed by atoms with E-state index in [2.05, 4.69) is 6.07 Å². The van der Waals surface area contributed by atoms with Gasteiger partial charge in [-0.05, 0) is 55.7 Å². The summed E-state index contributed by atoms with van der Waals surface area (Å²) in [6.07, 6.45) is 4.97. The van der Waals surface area contributed by atoms with E-state index in [0.29, 0.717) is 17.4 Å². The zero-order chi connectivity index (χ0) is 12.8. The highest BCUT2D eigenvalue weighted by Gasteiger charge is 2.41. The lowest BCUT2D eigenvalue weighted by Crippen LogP contribution is -2.13. The molecule has 0 radical (unpaired) electrons. The minimum Gasteiger partial charge on any atom is -0.491 e. The molecule has 0 saturated heterocycles. The van der Waals surface area contributed by atoms with Crippen LogP contribution in [0.3, 0.4) is 0 Å². The van der Waals surface area contributed by atoms with Gasteiger partial charge in [-0.1, -0.05) is 17.7 Å². The van der Waals surface area contributed by atoms with Crippen LogP contribution in [-0.2, 0) is 6.42 Å². The van der Waals surface area contributed by atoms with Gasteiger partial charge in [0.1, 0.15) is 5.75 Å². The molecule has 3 heteroatoms. The second-order valence-corrected chi connectivity index (χ2v) is 6.30. The third kappa shape index (κ3) is 2.81. The highest BCUT2D eigenvalue weighted by atomic mass is 35.5. The molecule has 0 amide bonds. The number of rotatable bonds is 5. The first kappa shape index (κ1) is 12.3. The Morgan fingerprint density at radius 1 is 1.39 bits per heavy atom. The van der Waals surface area contributed by atoms with Crippen molar-refractivity contribution in [1.29, 1.82) is 0 Å². The van der Waals surface area contributed by atoms with Crippen LogP contribution in [0.4, 0.5) is 0 Å². The first-order valence-corrected chi connectivity index (χ1v) is 7.08. The van der Waals surface area contributed by atoms with Crippen molar-refractivity contribution in [2.24, 2.45) is 5.92 Å². The minimum absolute atomic E-state index is 0.505. The number of benzene rings is 1. The number of ether oxygens (including phenoxy) is 1. The van der Waals surface area contributed by atoms with Crippen LogP contribution in [0.25, 0.3) is 0 Å². The summed E-state index contributed by atoms with van der Waals surface area (Å²) < 4.78 is 5.88. The van der Waals surface area contributed by atoms with Crippen LogP contribution in [0.1, 0.15) is 36.8 Å². The number of hydrogen-bond acceptors (Lipinski definition) is 2. The monoisotopic (exact) mass is 266 g/mol. The molecule has 0 spiro atoms. The van der Waals surface area contributed by atoms with Crippen LogP contribution >= 0.6 is 11.6 Å². The maximum atomic E-state index is 10.1. The van der Waals surface area contributed by atoms with Crippen LogP contribution in [0.15, 0.2) is 12.1 Å². The van der Waals surface area contributed by atoms with Gasteiger partial charge in [0.05, 0.1) is 17.2 Å². The van der Waals surface area contributed by atoms with Crippen molar-refractivity contribution in [3.8, 4) is 5.75 Å². The van der Waals surface area contributed by atoms with Crippen LogP contribution in [0.2, 0.25) is 5.02 Å². The first-order valence-electron chi connectivity index (χ1n) is 6.70. The Bertz CT molecular complexity index is 462. The topological polar surface area (TPSA) is 29.5 Å². The van der Waals surface area contributed by atoms with Crippen molar-refractivity contribution < 1.29 is 9.84 Å². The molecular formula is C15H19ClO2. The molecule has 2 aliphatic rings. The van der Waals surface area contributed by atoms with Gasteiger partial charge >= 0.3 is 0 Å². The van der Waals surface area contributed by atoms with Gasteiger partial charge in [-0.3, -0.25) is 0 Å². The molecule has 98 valence electrons. The zero-order valence-corrected chi connectivity index (χ0v) is 11.5. The Balaban J connectivity index is 1.82. The van der Waals surface area contributed by atoms with Crippen LogP contribution in [0, 0.1) is 12.8 Å². The smallest absolute Gasteiger partial charge is 0.141 e. The van der Waals surface area contributed by atoms with Gasteiger partial charge in [-0.25, -0.2) is 0 Å². The van der Waals surface area contributed by atoms with E-state index >= 15 is 0 Å². The molecule has 0 heterocycles. The lowest BCUT2D eigenvalue weighted by atomic mass is 10.0. The molecule has 0 bridgehead atoms. The van der Waals surface area contributed by atoms with E-state index in [1.807, 2.05) is 13.0 Å². The summed E-state index contributed by atoms with van der Waals surface area (Å²) in [6.45, 7) is 2.78. The van der Waals surface area contributed by atoms with Gasteiger partial charge in [0.15, 0.2) is 0 Å². The number of aliphatic hydroxyl groups is 1. The normalized spacial score (nSPS) is 20.8. The van der Waals surface area contributed by atoms with Gasteiger partial charge in [-0.2, -0.15) is 0 Å². The fourth-order valence-corrected chi connectivity index (χ4v) is 2.60. The Labute approximate surface area is 113 Å². The number of aryl methyl sites for hydroxylation is 1. The predicted octanol–water partition coefficient (Wildman–Crippen LogP) is 3.50. The Kier molecular flexibility index (Phi) is 3.03. The van der Waals surface area contributed by atoms with E-state index in [1.165, 1.54) is 12.8 Å². The molecule has 1 aromatic carbocycles. The summed E-state index contributed by atoms with van der Waals surface area (Å²) in [4.78, 5) is 0. The highest BCUT2D eigenvalue weighted by Crippen LogP contribution is 2.42. The number of hydrogen-bond donors (Lipinski definition) is 1. The SMILES string of the molecule is Cc1cc(Cl)c(OCC2CC2)c(CC2(O)CC2)c1. The van der Waals surface area contributed by atoms with Gasteiger partial charge in [0.2, 0.25) is 0 Å². The Morgan fingerprint density at radius 2 is 2.11 bits per heavy atom. The van der Waals surface area contributed by atoms with Crippen LogP contribution in [0.5, 0.6) is 5.75 Å². The molecule has 18 heavy (non-hydrogen) atoms.